The van der Waals surface area contributed by atoms with Crippen molar-refractivity contribution in [3.63, 3.8) is 0 Å². The smallest absolute Gasteiger partial charge is 0.0446 e. The van der Waals surface area contributed by atoms with E-state index < -0.39 is 0 Å². The minimum Gasteiger partial charge on any atom is -0.396 e. The first-order valence-electron chi connectivity index (χ1n) is 5.78. The molecule has 84 valence electrons. The molecule has 0 aromatic carbocycles. The van der Waals surface area contributed by atoms with Crippen LogP contribution in [0, 0.1) is 0 Å². The van der Waals surface area contributed by atoms with Gasteiger partial charge in [0.05, 0.1) is 0 Å². The van der Waals surface area contributed by atoms with E-state index >= 15 is 0 Å². The Hall–Kier alpha value is -0.120. The first-order chi connectivity index (χ1) is 6.69. The minimum atomic E-state index is 0.313. The summed E-state index contributed by atoms with van der Waals surface area (Å²) in [6.07, 6.45) is 0.914. The lowest BCUT2D eigenvalue weighted by Gasteiger charge is -2.42. The second-order valence-corrected chi connectivity index (χ2v) is 4.38. The fourth-order valence-corrected chi connectivity index (χ4v) is 2.23. The van der Waals surface area contributed by atoms with Crippen molar-refractivity contribution in [1.82, 2.24) is 9.80 Å². The van der Waals surface area contributed by atoms with Crippen LogP contribution in [-0.4, -0.2) is 59.8 Å². The van der Waals surface area contributed by atoms with E-state index in [1.165, 1.54) is 6.54 Å². The quantitative estimate of drug-likeness (QED) is 0.726. The number of likely N-dealkylation sites (N-methyl/N-ethyl adjacent to an activating group) is 1. The van der Waals surface area contributed by atoms with Crippen molar-refractivity contribution < 1.29 is 5.11 Å². The zero-order chi connectivity index (χ0) is 10.6. The van der Waals surface area contributed by atoms with Gasteiger partial charge in [-0.15, -0.1) is 0 Å². The largest absolute Gasteiger partial charge is 0.396 e. The molecule has 0 radical (unpaired) electrons. The van der Waals surface area contributed by atoms with Gasteiger partial charge in [-0.25, -0.2) is 0 Å². The second-order valence-electron chi connectivity index (χ2n) is 4.38. The molecule has 1 heterocycles. The summed E-state index contributed by atoms with van der Waals surface area (Å²) in [6, 6.07) is 1.19. The summed E-state index contributed by atoms with van der Waals surface area (Å²) in [5, 5.41) is 9.01. The van der Waals surface area contributed by atoms with Gasteiger partial charge < -0.3 is 5.11 Å². The van der Waals surface area contributed by atoms with Crippen LogP contribution >= 0.6 is 0 Å². The second kappa shape index (κ2) is 5.69. The monoisotopic (exact) mass is 200 g/mol. The third-order valence-corrected chi connectivity index (χ3v) is 3.23. The Kier molecular flexibility index (Phi) is 4.85. The molecule has 0 aromatic heterocycles. The van der Waals surface area contributed by atoms with E-state index in [0.717, 1.165) is 26.1 Å². The lowest BCUT2D eigenvalue weighted by molar-refractivity contribution is 0.0474. The lowest BCUT2D eigenvalue weighted by Crippen LogP contribution is -2.54. The Balaban J connectivity index is 2.48. The van der Waals surface area contributed by atoms with E-state index in [1.54, 1.807) is 0 Å². The average molecular weight is 200 g/mol. The fraction of sp³-hybridized carbons (Fsp3) is 1.00. The maximum Gasteiger partial charge on any atom is 0.0446 e. The standard InChI is InChI=1S/C11H24N2O/c1-4-12-6-7-13(10(2)3)9-11(12)5-8-14/h10-11,14H,4-9H2,1-3H3. The Morgan fingerprint density at radius 3 is 2.57 bits per heavy atom. The highest BCUT2D eigenvalue weighted by Gasteiger charge is 2.26. The van der Waals surface area contributed by atoms with Gasteiger partial charge in [0.15, 0.2) is 0 Å². The van der Waals surface area contributed by atoms with Crippen molar-refractivity contribution in [2.45, 2.75) is 39.3 Å². The molecule has 0 bridgehead atoms. The van der Waals surface area contributed by atoms with E-state index in [4.69, 9.17) is 5.11 Å². The molecule has 1 saturated heterocycles. The molecule has 1 rings (SSSR count). The Labute approximate surface area is 87.7 Å². The Morgan fingerprint density at radius 1 is 1.36 bits per heavy atom. The van der Waals surface area contributed by atoms with Gasteiger partial charge in [0.1, 0.15) is 0 Å². The van der Waals surface area contributed by atoms with Gasteiger partial charge in [0, 0.05) is 38.3 Å². The van der Waals surface area contributed by atoms with Crippen LogP contribution < -0.4 is 0 Å². The minimum absolute atomic E-state index is 0.313. The van der Waals surface area contributed by atoms with E-state index in [-0.39, 0.29) is 0 Å². The van der Waals surface area contributed by atoms with Crippen molar-refractivity contribution in [2.75, 3.05) is 32.8 Å². The van der Waals surface area contributed by atoms with Crippen LogP contribution in [0.2, 0.25) is 0 Å². The van der Waals surface area contributed by atoms with Crippen LogP contribution in [0.3, 0.4) is 0 Å². The molecular formula is C11H24N2O. The molecule has 0 aromatic rings. The maximum absolute atomic E-state index is 9.01. The van der Waals surface area contributed by atoms with Gasteiger partial charge >= 0.3 is 0 Å². The molecule has 1 aliphatic heterocycles. The van der Waals surface area contributed by atoms with Crippen LogP contribution in [-0.2, 0) is 0 Å². The summed E-state index contributed by atoms with van der Waals surface area (Å²) < 4.78 is 0. The van der Waals surface area contributed by atoms with Gasteiger partial charge in [0.2, 0.25) is 0 Å². The number of aliphatic hydroxyl groups is 1. The molecule has 1 N–H and O–H groups in total. The highest BCUT2D eigenvalue weighted by atomic mass is 16.3. The molecule has 0 aliphatic carbocycles. The zero-order valence-corrected chi connectivity index (χ0v) is 9.74. The van der Waals surface area contributed by atoms with E-state index in [2.05, 4.69) is 30.6 Å². The summed E-state index contributed by atoms with van der Waals surface area (Å²) in [6.45, 7) is 11.6. The maximum atomic E-state index is 9.01. The molecular weight excluding hydrogens is 176 g/mol. The molecule has 1 unspecified atom stereocenters. The third kappa shape index (κ3) is 2.94. The van der Waals surface area contributed by atoms with Crippen molar-refractivity contribution >= 4 is 0 Å². The highest BCUT2D eigenvalue weighted by Crippen LogP contribution is 2.14. The summed E-state index contributed by atoms with van der Waals surface area (Å²) >= 11 is 0. The topological polar surface area (TPSA) is 26.7 Å². The zero-order valence-electron chi connectivity index (χ0n) is 9.74. The predicted octanol–water partition coefficient (Wildman–Crippen LogP) is 0.783. The molecule has 0 spiro atoms. The number of aliphatic hydroxyl groups excluding tert-OH is 1. The Morgan fingerprint density at radius 2 is 2.07 bits per heavy atom. The van der Waals surface area contributed by atoms with Crippen LogP contribution in [0.15, 0.2) is 0 Å². The van der Waals surface area contributed by atoms with Crippen molar-refractivity contribution in [2.24, 2.45) is 0 Å². The molecule has 1 atom stereocenters. The average Bonchev–Trinajstić information content (AvgIpc) is 2.18. The number of rotatable bonds is 4. The normalized spacial score (nSPS) is 25.9. The summed E-state index contributed by atoms with van der Waals surface area (Å²) in [7, 11) is 0. The Bertz CT molecular complexity index is 161. The highest BCUT2D eigenvalue weighted by molar-refractivity contribution is 4.82. The molecule has 0 amide bonds. The van der Waals surface area contributed by atoms with Crippen LogP contribution in [0.4, 0.5) is 0 Å². The lowest BCUT2D eigenvalue weighted by atomic mass is 10.1. The molecule has 1 fully saturated rings. The van der Waals surface area contributed by atoms with Crippen LogP contribution in [0.5, 0.6) is 0 Å². The summed E-state index contributed by atoms with van der Waals surface area (Å²) in [4.78, 5) is 4.99. The van der Waals surface area contributed by atoms with Crippen LogP contribution in [0.25, 0.3) is 0 Å². The summed E-state index contributed by atoms with van der Waals surface area (Å²) in [5.41, 5.74) is 0. The molecule has 1 aliphatic rings. The summed E-state index contributed by atoms with van der Waals surface area (Å²) in [5.74, 6) is 0. The van der Waals surface area contributed by atoms with E-state index in [0.29, 0.717) is 18.7 Å². The van der Waals surface area contributed by atoms with Gasteiger partial charge in [0.25, 0.3) is 0 Å². The van der Waals surface area contributed by atoms with E-state index in [1.807, 2.05) is 0 Å². The number of nitrogens with zero attached hydrogens (tertiary/aromatic N) is 2. The van der Waals surface area contributed by atoms with Crippen LogP contribution in [0.1, 0.15) is 27.2 Å². The predicted molar refractivity (Wildman–Crippen MR) is 59.4 cm³/mol. The SMILES string of the molecule is CCN1CCN(C(C)C)CC1CCO. The molecule has 14 heavy (non-hydrogen) atoms. The first kappa shape index (κ1) is 12.0. The van der Waals surface area contributed by atoms with Gasteiger partial charge in [-0.2, -0.15) is 0 Å². The number of piperazine rings is 1. The van der Waals surface area contributed by atoms with Crippen molar-refractivity contribution in [3.8, 4) is 0 Å². The molecule has 3 nitrogen and oxygen atoms in total. The van der Waals surface area contributed by atoms with Crippen molar-refractivity contribution in [3.05, 3.63) is 0 Å². The van der Waals surface area contributed by atoms with Gasteiger partial charge in [-0.05, 0) is 26.8 Å². The molecule has 0 saturated carbocycles. The van der Waals surface area contributed by atoms with Gasteiger partial charge in [-0.1, -0.05) is 6.92 Å². The number of hydrogen-bond acceptors (Lipinski definition) is 3. The molecule has 3 heteroatoms. The fourth-order valence-electron chi connectivity index (χ4n) is 2.23. The van der Waals surface area contributed by atoms with Crippen molar-refractivity contribution in [1.29, 1.82) is 0 Å². The first-order valence-corrected chi connectivity index (χ1v) is 5.78. The van der Waals surface area contributed by atoms with Gasteiger partial charge in [-0.3, -0.25) is 9.80 Å². The van der Waals surface area contributed by atoms with E-state index in [9.17, 15) is 0 Å². The number of hydrogen-bond donors (Lipinski definition) is 1. The third-order valence-electron chi connectivity index (χ3n) is 3.23.